The van der Waals surface area contributed by atoms with Crippen molar-refractivity contribution in [3.63, 3.8) is 0 Å². The fraction of sp³-hybridized carbons (Fsp3) is 0.120. The topological polar surface area (TPSA) is 87.7 Å². The number of carboxylic acids is 1. The number of hydrogen-bond donors (Lipinski definition) is 2. The third kappa shape index (κ3) is 3.87. The predicted octanol–water partition coefficient (Wildman–Crippen LogP) is 5.45. The second-order valence-corrected chi connectivity index (χ2v) is 7.44. The lowest BCUT2D eigenvalue weighted by Crippen LogP contribution is -2.05. The molecule has 2 aromatic rings. The summed E-state index contributed by atoms with van der Waals surface area (Å²) in [5.74, 6) is -0.742. The number of allylic oxidation sites excluding steroid dienone is 1. The molecule has 0 atom stereocenters. The number of phenols is 1. The lowest BCUT2D eigenvalue weighted by molar-refractivity contribution is 0.0697. The van der Waals surface area contributed by atoms with Crippen molar-refractivity contribution in [1.82, 2.24) is 0 Å². The summed E-state index contributed by atoms with van der Waals surface area (Å²) in [7, 11) is 0. The molecule has 5 nitrogen and oxygen atoms in total. The first kappa shape index (κ1) is 20.5. The fourth-order valence-electron chi connectivity index (χ4n) is 3.73. The van der Waals surface area contributed by atoms with Crippen LogP contribution >= 0.6 is 12.2 Å². The number of fused-ring (bicyclic) bond motifs is 2. The van der Waals surface area contributed by atoms with Gasteiger partial charge in [0.15, 0.2) is 5.43 Å². The van der Waals surface area contributed by atoms with Gasteiger partial charge < -0.3 is 14.6 Å². The van der Waals surface area contributed by atoms with Gasteiger partial charge in [-0.2, -0.15) is 0 Å². The summed E-state index contributed by atoms with van der Waals surface area (Å²) in [6.45, 7) is 1.98. The summed E-state index contributed by atoms with van der Waals surface area (Å²) in [4.78, 5) is 24.1. The Labute approximate surface area is 183 Å². The highest BCUT2D eigenvalue weighted by molar-refractivity contribution is 7.78. The van der Waals surface area contributed by atoms with Crippen molar-refractivity contribution in [2.75, 3.05) is 0 Å². The Bertz CT molecular complexity index is 1410. The van der Waals surface area contributed by atoms with Gasteiger partial charge in [-0.15, -0.1) is 0 Å². The Morgan fingerprint density at radius 3 is 2.55 bits per heavy atom. The first-order chi connectivity index (χ1) is 14.9. The Morgan fingerprint density at radius 2 is 1.84 bits per heavy atom. The summed E-state index contributed by atoms with van der Waals surface area (Å²) in [5, 5.41) is 23.2. The first-order valence-corrected chi connectivity index (χ1v) is 10.1. The summed E-state index contributed by atoms with van der Waals surface area (Å²) in [6, 6.07) is 14.3. The van der Waals surface area contributed by atoms with Crippen molar-refractivity contribution >= 4 is 34.2 Å². The first-order valence-electron chi connectivity index (χ1n) is 9.70. The molecule has 0 saturated heterocycles. The molecular formula is C25H18O5S. The van der Waals surface area contributed by atoms with Crippen molar-refractivity contribution in [2.45, 2.75) is 19.8 Å². The van der Waals surface area contributed by atoms with Crippen LogP contribution in [0.4, 0.5) is 0 Å². The molecule has 4 rings (SSSR count). The molecule has 0 radical (unpaired) electrons. The number of phenolic OH excluding ortho intramolecular Hbond substituents is 1. The second kappa shape index (κ2) is 8.19. The van der Waals surface area contributed by atoms with Gasteiger partial charge in [-0.25, -0.2) is 4.79 Å². The van der Waals surface area contributed by atoms with Gasteiger partial charge in [-0.1, -0.05) is 19.1 Å². The standard InChI is InChI=1S/C25H18O5S/c1-2-14(13-31)9-15-3-6-18(21(10-15)25(28)29)24-19-7-4-16(26)11-22(19)30-23-12-17(27)5-8-20(23)24/h3-8,10-12,26H,2,9H2,1H3,(H,28,29). The lowest BCUT2D eigenvalue weighted by atomic mass is 9.89. The summed E-state index contributed by atoms with van der Waals surface area (Å²) in [5.41, 5.74) is 3.74. The third-order valence-electron chi connectivity index (χ3n) is 5.25. The molecule has 0 unspecified atom stereocenters. The van der Waals surface area contributed by atoms with Gasteiger partial charge in [-0.3, -0.25) is 4.79 Å². The SMILES string of the molecule is CCC(=C=S)Cc1ccc(-c2c3ccc(=O)cc-3oc3cc(O)ccc23)c(C(=O)O)c1. The van der Waals surface area contributed by atoms with E-state index in [1.165, 1.54) is 24.3 Å². The van der Waals surface area contributed by atoms with Crippen LogP contribution in [0.1, 0.15) is 29.3 Å². The Kier molecular flexibility index (Phi) is 5.42. The van der Waals surface area contributed by atoms with E-state index in [1.54, 1.807) is 24.3 Å². The van der Waals surface area contributed by atoms with Crippen LogP contribution in [0.3, 0.4) is 0 Å². The van der Waals surface area contributed by atoms with Crippen LogP contribution in [-0.4, -0.2) is 21.2 Å². The molecule has 1 aliphatic heterocycles. The van der Waals surface area contributed by atoms with E-state index in [2.05, 4.69) is 5.02 Å². The maximum Gasteiger partial charge on any atom is 0.336 e. The van der Waals surface area contributed by atoms with E-state index < -0.39 is 5.97 Å². The average Bonchev–Trinajstić information content (AvgIpc) is 2.75. The number of hydrogen-bond acceptors (Lipinski definition) is 5. The number of benzene rings is 3. The van der Waals surface area contributed by atoms with Crippen molar-refractivity contribution in [3.05, 3.63) is 81.5 Å². The zero-order chi connectivity index (χ0) is 22.1. The van der Waals surface area contributed by atoms with Crippen LogP contribution in [0.5, 0.6) is 5.75 Å². The summed E-state index contributed by atoms with van der Waals surface area (Å²) < 4.78 is 5.85. The van der Waals surface area contributed by atoms with Crippen LogP contribution in [0.25, 0.3) is 33.4 Å². The van der Waals surface area contributed by atoms with Gasteiger partial charge in [0.2, 0.25) is 0 Å². The molecule has 1 aliphatic carbocycles. The van der Waals surface area contributed by atoms with Gasteiger partial charge in [0.05, 0.1) is 5.56 Å². The molecule has 154 valence electrons. The van der Waals surface area contributed by atoms with E-state index in [1.807, 2.05) is 13.0 Å². The van der Waals surface area contributed by atoms with E-state index in [4.69, 9.17) is 16.6 Å². The number of rotatable bonds is 5. The van der Waals surface area contributed by atoms with E-state index >= 15 is 0 Å². The van der Waals surface area contributed by atoms with Crippen LogP contribution in [-0.2, 0) is 6.42 Å². The molecule has 2 aromatic carbocycles. The monoisotopic (exact) mass is 430 g/mol. The highest BCUT2D eigenvalue weighted by Crippen LogP contribution is 2.42. The largest absolute Gasteiger partial charge is 0.508 e. The Balaban J connectivity index is 2.04. The Morgan fingerprint density at radius 1 is 1.06 bits per heavy atom. The number of carboxylic acid groups (broad SMARTS) is 1. The number of aromatic carboxylic acids is 1. The zero-order valence-electron chi connectivity index (χ0n) is 16.6. The maximum atomic E-state index is 12.2. The molecule has 0 saturated carbocycles. The molecular weight excluding hydrogens is 412 g/mol. The van der Waals surface area contributed by atoms with Crippen molar-refractivity contribution in [3.8, 4) is 28.2 Å². The fourth-order valence-corrected chi connectivity index (χ4v) is 3.94. The molecule has 0 amide bonds. The van der Waals surface area contributed by atoms with Gasteiger partial charge >= 0.3 is 5.97 Å². The number of thiocarbonyl (C=S) groups is 1. The van der Waals surface area contributed by atoms with Crippen LogP contribution in [0, 0.1) is 0 Å². The van der Waals surface area contributed by atoms with E-state index in [-0.39, 0.29) is 16.7 Å². The second-order valence-electron chi connectivity index (χ2n) is 7.24. The zero-order valence-corrected chi connectivity index (χ0v) is 17.5. The third-order valence-corrected chi connectivity index (χ3v) is 5.54. The average molecular weight is 430 g/mol. The van der Waals surface area contributed by atoms with Crippen molar-refractivity contribution < 1.29 is 19.4 Å². The highest BCUT2D eigenvalue weighted by atomic mass is 32.1. The molecule has 0 fully saturated rings. The van der Waals surface area contributed by atoms with Crippen LogP contribution < -0.4 is 5.43 Å². The van der Waals surface area contributed by atoms with Gasteiger partial charge in [-0.05, 0) is 70.7 Å². The van der Waals surface area contributed by atoms with E-state index in [0.717, 1.165) is 17.6 Å². The Hall–Kier alpha value is -3.73. The van der Waals surface area contributed by atoms with Crippen molar-refractivity contribution in [1.29, 1.82) is 0 Å². The van der Waals surface area contributed by atoms with Crippen LogP contribution in [0.2, 0.25) is 0 Å². The molecule has 0 spiro atoms. The minimum absolute atomic E-state index is 0.00711. The normalized spacial score (nSPS) is 10.9. The minimum Gasteiger partial charge on any atom is -0.508 e. The molecule has 2 aliphatic rings. The number of aromatic hydroxyl groups is 1. The molecule has 1 heterocycles. The van der Waals surface area contributed by atoms with Gasteiger partial charge in [0, 0.05) is 35.1 Å². The predicted molar refractivity (Wildman–Crippen MR) is 123 cm³/mol. The molecule has 0 aromatic heterocycles. The minimum atomic E-state index is -1.07. The summed E-state index contributed by atoms with van der Waals surface area (Å²) >= 11 is 4.93. The smallest absolute Gasteiger partial charge is 0.336 e. The van der Waals surface area contributed by atoms with Gasteiger partial charge in [0.1, 0.15) is 17.1 Å². The lowest BCUT2D eigenvalue weighted by Gasteiger charge is -2.17. The molecule has 6 heteroatoms. The molecule has 0 bridgehead atoms. The van der Waals surface area contributed by atoms with Gasteiger partial charge in [0.25, 0.3) is 0 Å². The van der Waals surface area contributed by atoms with E-state index in [0.29, 0.717) is 39.8 Å². The quantitative estimate of drug-likeness (QED) is 0.324. The van der Waals surface area contributed by atoms with Crippen molar-refractivity contribution in [2.24, 2.45) is 0 Å². The number of carbonyl (C=O) groups is 1. The van der Waals surface area contributed by atoms with E-state index in [9.17, 15) is 19.8 Å². The van der Waals surface area contributed by atoms with Crippen LogP contribution in [0.15, 0.2) is 69.4 Å². The highest BCUT2D eigenvalue weighted by Gasteiger charge is 2.22. The maximum absolute atomic E-state index is 12.2. The summed E-state index contributed by atoms with van der Waals surface area (Å²) in [6.07, 6.45) is 1.27. The molecule has 31 heavy (non-hydrogen) atoms. The molecule has 2 N–H and O–H groups in total.